The summed E-state index contributed by atoms with van der Waals surface area (Å²) >= 11 is 0. The van der Waals surface area contributed by atoms with E-state index in [1.165, 1.54) is 6.07 Å². The molecular formula is C13H22Cl3FN4O. The highest BCUT2D eigenvalue weighted by Crippen LogP contribution is 2.16. The van der Waals surface area contributed by atoms with Crippen LogP contribution >= 0.6 is 24.8 Å². The number of nitrogens with two attached hydrogens (primary N) is 1. The van der Waals surface area contributed by atoms with Crippen molar-refractivity contribution >= 4 is 36.2 Å². The molecule has 0 amide bonds. The summed E-state index contributed by atoms with van der Waals surface area (Å²) < 4.78 is 17.5. The Balaban J connectivity index is -0.000000902. The molecule has 0 unspecified atom stereocenters. The Morgan fingerprint density at radius 2 is 2.00 bits per heavy atom. The van der Waals surface area contributed by atoms with Crippen molar-refractivity contribution in [3.63, 3.8) is 0 Å². The van der Waals surface area contributed by atoms with Crippen molar-refractivity contribution in [2.45, 2.75) is 13.0 Å². The van der Waals surface area contributed by atoms with Crippen molar-refractivity contribution in [1.82, 2.24) is 4.57 Å². The van der Waals surface area contributed by atoms with Gasteiger partial charge in [0.05, 0.1) is 19.3 Å². The molecule has 1 aromatic carbocycles. The zero-order valence-electron chi connectivity index (χ0n) is 12.1. The third kappa shape index (κ3) is 7.70. The maximum atomic E-state index is 13.5. The molecule has 128 valence electrons. The molecule has 0 aliphatic heterocycles. The SMILES string of the molecule is C[n+]1ccn(CCCNc2ccc(N)cc2F)c1.Cl.Cl.O.[Cl-]. The van der Waals surface area contributed by atoms with Gasteiger partial charge in [-0.15, -0.1) is 24.8 Å². The average Bonchev–Trinajstić information content (AvgIpc) is 2.73. The van der Waals surface area contributed by atoms with Gasteiger partial charge in [0.2, 0.25) is 6.33 Å². The summed E-state index contributed by atoms with van der Waals surface area (Å²) in [7, 11) is 1.98. The van der Waals surface area contributed by atoms with Gasteiger partial charge >= 0.3 is 0 Å². The van der Waals surface area contributed by atoms with Gasteiger partial charge in [0.15, 0.2) is 0 Å². The van der Waals surface area contributed by atoms with E-state index in [-0.39, 0.29) is 48.5 Å². The summed E-state index contributed by atoms with van der Waals surface area (Å²) in [6.45, 7) is 1.63. The second-order valence-electron chi connectivity index (χ2n) is 4.34. The Hall–Kier alpha value is -1.21. The van der Waals surface area contributed by atoms with Gasteiger partial charge in [-0.25, -0.2) is 13.5 Å². The van der Waals surface area contributed by atoms with E-state index in [0.717, 1.165) is 19.5 Å². The van der Waals surface area contributed by atoms with E-state index in [1.807, 2.05) is 30.3 Å². The molecule has 0 atom stereocenters. The summed E-state index contributed by atoms with van der Waals surface area (Å²) in [5.41, 5.74) is 6.43. The van der Waals surface area contributed by atoms with E-state index in [1.54, 1.807) is 12.1 Å². The van der Waals surface area contributed by atoms with Gasteiger partial charge in [0, 0.05) is 18.7 Å². The van der Waals surface area contributed by atoms with Gasteiger partial charge in [0.25, 0.3) is 0 Å². The van der Waals surface area contributed by atoms with Crippen molar-refractivity contribution in [3.05, 3.63) is 42.7 Å². The van der Waals surface area contributed by atoms with E-state index in [0.29, 0.717) is 11.4 Å². The summed E-state index contributed by atoms with van der Waals surface area (Å²) in [5.74, 6) is -0.303. The number of imidazole rings is 1. The topological polar surface area (TPSA) is 78.4 Å². The number of hydrogen-bond donors (Lipinski definition) is 2. The molecule has 0 fully saturated rings. The van der Waals surface area contributed by atoms with Crippen molar-refractivity contribution in [3.8, 4) is 0 Å². The minimum absolute atomic E-state index is 0. The Morgan fingerprint density at radius 3 is 2.55 bits per heavy atom. The van der Waals surface area contributed by atoms with Crippen LogP contribution in [0.3, 0.4) is 0 Å². The Bertz CT molecular complexity index is 540. The largest absolute Gasteiger partial charge is 1.00 e. The molecule has 5 nitrogen and oxygen atoms in total. The third-order valence-corrected chi connectivity index (χ3v) is 2.73. The lowest BCUT2D eigenvalue weighted by Gasteiger charge is -2.07. The molecule has 0 saturated carbocycles. The molecule has 2 rings (SSSR count). The molecule has 0 aliphatic rings. The highest BCUT2D eigenvalue weighted by atomic mass is 35.5. The fraction of sp³-hybridized carbons (Fsp3) is 0.308. The third-order valence-electron chi connectivity index (χ3n) is 2.73. The molecule has 0 spiro atoms. The van der Waals surface area contributed by atoms with Crippen LogP contribution < -0.4 is 28.0 Å². The van der Waals surface area contributed by atoms with E-state index in [2.05, 4.69) is 9.88 Å². The number of nitrogens with zero attached hydrogens (tertiary/aromatic N) is 2. The van der Waals surface area contributed by atoms with Crippen LogP contribution in [-0.4, -0.2) is 16.6 Å². The highest BCUT2D eigenvalue weighted by Gasteiger charge is 2.02. The molecule has 0 saturated heterocycles. The quantitative estimate of drug-likeness (QED) is 0.381. The van der Waals surface area contributed by atoms with Crippen LogP contribution in [0.25, 0.3) is 0 Å². The molecular weight excluding hydrogens is 354 g/mol. The summed E-state index contributed by atoms with van der Waals surface area (Å²) in [6.07, 6.45) is 6.96. The Kier molecular flexibility index (Phi) is 14.4. The fourth-order valence-corrected chi connectivity index (χ4v) is 1.79. The summed E-state index contributed by atoms with van der Waals surface area (Å²) in [5, 5.41) is 3.07. The van der Waals surface area contributed by atoms with Gasteiger partial charge < -0.3 is 28.9 Å². The van der Waals surface area contributed by atoms with Crippen molar-refractivity contribution in [2.75, 3.05) is 17.6 Å². The molecule has 1 heterocycles. The number of aromatic nitrogens is 2. The second kappa shape index (κ2) is 12.3. The highest BCUT2D eigenvalue weighted by molar-refractivity contribution is 5.85. The van der Waals surface area contributed by atoms with Crippen LogP contribution in [0.2, 0.25) is 0 Å². The first-order chi connectivity index (χ1) is 8.65. The summed E-state index contributed by atoms with van der Waals surface area (Å²) in [6, 6.07) is 4.69. The van der Waals surface area contributed by atoms with Crippen LogP contribution in [0.15, 0.2) is 36.9 Å². The van der Waals surface area contributed by atoms with E-state index in [4.69, 9.17) is 5.73 Å². The molecule has 0 radical (unpaired) electrons. The number of halogens is 4. The van der Waals surface area contributed by atoms with E-state index < -0.39 is 0 Å². The monoisotopic (exact) mass is 374 g/mol. The first-order valence-electron chi connectivity index (χ1n) is 5.95. The molecule has 0 aliphatic carbocycles. The minimum Gasteiger partial charge on any atom is -1.00 e. The number of benzene rings is 1. The minimum atomic E-state index is -0.303. The molecule has 22 heavy (non-hydrogen) atoms. The zero-order chi connectivity index (χ0) is 13.0. The maximum absolute atomic E-state index is 13.5. The number of anilines is 2. The van der Waals surface area contributed by atoms with Crippen LogP contribution in [-0.2, 0) is 13.6 Å². The number of aryl methyl sites for hydroxylation is 2. The standard InChI is InChI=1S/C13H18FN4.3ClH.H2O/c1-17-7-8-18(10-17)6-2-5-16-13-4-3-11(15)9-12(13)14;;;;/h3-4,7-10,16H,2,5-6,15H2,1H3;3*1H;1H2/q+1;;;;/p-1. The Labute approximate surface area is 148 Å². The number of nitrogen functional groups attached to an aromatic ring is 1. The summed E-state index contributed by atoms with van der Waals surface area (Å²) in [4.78, 5) is 0. The molecule has 0 bridgehead atoms. The number of hydrogen-bond acceptors (Lipinski definition) is 2. The number of nitrogens with one attached hydrogen (secondary N) is 1. The smallest absolute Gasteiger partial charge is 0.243 e. The first-order valence-corrected chi connectivity index (χ1v) is 5.95. The van der Waals surface area contributed by atoms with Crippen LogP contribution in [0.1, 0.15) is 6.42 Å². The maximum Gasteiger partial charge on any atom is 0.243 e. The number of rotatable bonds is 5. The van der Waals surface area contributed by atoms with Gasteiger partial charge in [-0.2, -0.15) is 0 Å². The normalized spacial score (nSPS) is 8.64. The van der Waals surface area contributed by atoms with Crippen molar-refractivity contribution in [1.29, 1.82) is 0 Å². The lowest BCUT2D eigenvalue weighted by molar-refractivity contribution is -0.671. The lowest BCUT2D eigenvalue weighted by atomic mass is 10.2. The molecule has 2 aromatic rings. The predicted octanol–water partition coefficient (Wildman–Crippen LogP) is -1.44. The van der Waals surface area contributed by atoms with Gasteiger partial charge in [-0.05, 0) is 18.2 Å². The molecule has 5 N–H and O–H groups in total. The predicted molar refractivity (Wildman–Crippen MR) is 87.6 cm³/mol. The van der Waals surface area contributed by atoms with Crippen LogP contribution in [0.5, 0.6) is 0 Å². The van der Waals surface area contributed by atoms with Gasteiger partial charge in [-0.1, -0.05) is 0 Å². The van der Waals surface area contributed by atoms with Gasteiger partial charge in [-0.3, -0.25) is 0 Å². The first kappa shape index (κ1) is 25.7. The fourth-order valence-electron chi connectivity index (χ4n) is 1.79. The van der Waals surface area contributed by atoms with Crippen LogP contribution in [0, 0.1) is 5.82 Å². The Morgan fingerprint density at radius 1 is 1.32 bits per heavy atom. The average molecular weight is 376 g/mol. The zero-order valence-corrected chi connectivity index (χ0v) is 14.5. The van der Waals surface area contributed by atoms with E-state index in [9.17, 15) is 4.39 Å². The van der Waals surface area contributed by atoms with E-state index >= 15 is 0 Å². The second-order valence-corrected chi connectivity index (χ2v) is 4.34. The van der Waals surface area contributed by atoms with Crippen molar-refractivity contribution < 1.29 is 26.8 Å². The van der Waals surface area contributed by atoms with Gasteiger partial charge in [0.1, 0.15) is 18.2 Å². The molecule has 1 aromatic heterocycles. The van der Waals surface area contributed by atoms with Crippen molar-refractivity contribution in [2.24, 2.45) is 7.05 Å². The molecule has 9 heteroatoms. The lowest BCUT2D eigenvalue weighted by Crippen LogP contribution is -3.00. The van der Waals surface area contributed by atoms with Crippen LogP contribution in [0.4, 0.5) is 15.8 Å².